The van der Waals surface area contributed by atoms with Gasteiger partial charge in [-0.2, -0.15) is 5.10 Å². The second-order valence-electron chi connectivity index (χ2n) is 5.72. The molecule has 2 heterocycles. The molecule has 0 saturated carbocycles. The predicted octanol–water partition coefficient (Wildman–Crippen LogP) is 2.34. The first-order chi connectivity index (χ1) is 12.7. The Kier molecular flexibility index (Phi) is 4.70. The highest BCUT2D eigenvalue weighted by atomic mass is 32.2. The van der Waals surface area contributed by atoms with Gasteiger partial charge in [0.05, 0.1) is 22.9 Å². The minimum Gasteiger partial charge on any atom is -0.258 e. The van der Waals surface area contributed by atoms with Crippen molar-refractivity contribution in [3.8, 4) is 16.9 Å². The lowest BCUT2D eigenvalue weighted by atomic mass is 10.2. The number of halogens is 1. The van der Waals surface area contributed by atoms with Crippen LogP contribution in [0.25, 0.3) is 16.9 Å². The molecule has 0 aliphatic carbocycles. The third-order valence-corrected chi connectivity index (χ3v) is 4.57. The summed E-state index contributed by atoms with van der Waals surface area (Å²) in [7, 11) is -3.60. The summed E-state index contributed by atoms with van der Waals surface area (Å²) in [6.07, 6.45) is 4.37. The second kappa shape index (κ2) is 6.83. The number of benzene rings is 1. The lowest BCUT2D eigenvalue weighted by Gasteiger charge is -2.05. The molecule has 3 rings (SSSR count). The van der Waals surface area contributed by atoms with E-state index in [2.05, 4.69) is 15.1 Å². The Morgan fingerprint density at radius 3 is 2.59 bits per heavy atom. The van der Waals surface area contributed by atoms with Gasteiger partial charge in [-0.3, -0.25) is 10.1 Å². The Balaban J connectivity index is 2.05. The van der Waals surface area contributed by atoms with Crippen molar-refractivity contribution in [2.45, 2.75) is 18.5 Å². The van der Waals surface area contributed by atoms with E-state index in [9.17, 15) is 22.9 Å². The van der Waals surface area contributed by atoms with Crippen molar-refractivity contribution in [1.29, 1.82) is 0 Å². The van der Waals surface area contributed by atoms with Crippen LogP contribution < -0.4 is 0 Å². The molecule has 0 N–H and O–H groups in total. The first-order valence-electron chi connectivity index (χ1n) is 7.76. The molecule has 0 fully saturated rings. The molecule has 140 valence electrons. The largest absolute Gasteiger partial charge is 0.272 e. The van der Waals surface area contributed by atoms with E-state index in [1.165, 1.54) is 29.2 Å². The van der Waals surface area contributed by atoms with Crippen molar-refractivity contribution in [2.75, 3.05) is 6.26 Å². The van der Waals surface area contributed by atoms with Gasteiger partial charge in [-0.25, -0.2) is 27.5 Å². The third kappa shape index (κ3) is 3.82. The molecule has 0 amide bonds. The fraction of sp³-hybridized carbons (Fsp3) is 0.188. The zero-order chi connectivity index (χ0) is 19.8. The third-order valence-electron chi connectivity index (χ3n) is 3.72. The average Bonchev–Trinajstić information content (AvgIpc) is 3.10. The standard InChI is InChI=1S/C16H14FN5O4S/c1-3-11-6-14(20-16(19-11)27(2,25)26)10-8-18-21(9-10)15-5-4-12(22(23)24)7-13(15)17/h4-9H,3H2,1-2H3. The van der Waals surface area contributed by atoms with Crippen LogP contribution in [0.15, 0.2) is 41.8 Å². The minimum absolute atomic E-state index is 0.0138. The van der Waals surface area contributed by atoms with E-state index in [4.69, 9.17) is 0 Å². The number of aryl methyl sites for hydroxylation is 1. The summed E-state index contributed by atoms with van der Waals surface area (Å²) in [6.45, 7) is 1.83. The fourth-order valence-electron chi connectivity index (χ4n) is 2.35. The maximum atomic E-state index is 14.2. The monoisotopic (exact) mass is 391 g/mol. The summed E-state index contributed by atoms with van der Waals surface area (Å²) in [5.41, 5.74) is 0.963. The second-order valence-corrected chi connectivity index (χ2v) is 7.63. The number of nitro benzene ring substituents is 1. The van der Waals surface area contributed by atoms with Crippen molar-refractivity contribution in [3.63, 3.8) is 0 Å². The molecule has 0 atom stereocenters. The quantitative estimate of drug-likeness (QED) is 0.372. The molecule has 11 heteroatoms. The van der Waals surface area contributed by atoms with Gasteiger partial charge in [0, 0.05) is 29.8 Å². The maximum Gasteiger partial charge on any atom is 0.272 e. The molecule has 1 aromatic carbocycles. The van der Waals surface area contributed by atoms with E-state index in [1.54, 1.807) is 6.07 Å². The van der Waals surface area contributed by atoms with Crippen LogP contribution in [0.3, 0.4) is 0 Å². The number of nitro groups is 1. The summed E-state index contributed by atoms with van der Waals surface area (Å²) in [6, 6.07) is 4.84. The van der Waals surface area contributed by atoms with Gasteiger partial charge in [0.1, 0.15) is 5.69 Å². The van der Waals surface area contributed by atoms with Gasteiger partial charge in [-0.15, -0.1) is 0 Å². The molecule has 0 aliphatic heterocycles. The molecular weight excluding hydrogens is 377 g/mol. The van der Waals surface area contributed by atoms with Gasteiger partial charge in [-0.05, 0) is 18.6 Å². The highest BCUT2D eigenvalue weighted by Crippen LogP contribution is 2.23. The van der Waals surface area contributed by atoms with Crippen molar-refractivity contribution in [3.05, 3.63) is 58.3 Å². The number of hydrogen-bond donors (Lipinski definition) is 0. The van der Waals surface area contributed by atoms with Gasteiger partial charge < -0.3 is 0 Å². The lowest BCUT2D eigenvalue weighted by Crippen LogP contribution is -2.07. The number of nitrogens with zero attached hydrogens (tertiary/aromatic N) is 5. The van der Waals surface area contributed by atoms with Gasteiger partial charge in [0.15, 0.2) is 5.82 Å². The van der Waals surface area contributed by atoms with E-state index in [0.717, 1.165) is 12.3 Å². The lowest BCUT2D eigenvalue weighted by molar-refractivity contribution is -0.385. The van der Waals surface area contributed by atoms with Gasteiger partial charge in [0.25, 0.3) is 5.69 Å². The van der Waals surface area contributed by atoms with E-state index < -0.39 is 20.6 Å². The number of aromatic nitrogens is 4. The molecule has 9 nitrogen and oxygen atoms in total. The first-order valence-corrected chi connectivity index (χ1v) is 9.65. The summed E-state index contributed by atoms with van der Waals surface area (Å²) >= 11 is 0. The molecule has 0 radical (unpaired) electrons. The molecule has 0 spiro atoms. The van der Waals surface area contributed by atoms with Crippen LogP contribution in [0.1, 0.15) is 12.6 Å². The molecular formula is C16H14FN5O4S. The van der Waals surface area contributed by atoms with Crippen LogP contribution >= 0.6 is 0 Å². The molecule has 27 heavy (non-hydrogen) atoms. The Bertz CT molecular complexity index is 1140. The molecule has 3 aromatic rings. The number of hydrogen-bond acceptors (Lipinski definition) is 7. The summed E-state index contributed by atoms with van der Waals surface area (Å²) in [5.74, 6) is -0.812. The summed E-state index contributed by atoms with van der Waals surface area (Å²) in [4.78, 5) is 18.1. The first kappa shape index (κ1) is 18.6. The van der Waals surface area contributed by atoms with Crippen molar-refractivity contribution in [2.24, 2.45) is 0 Å². The minimum atomic E-state index is -3.60. The van der Waals surface area contributed by atoms with Crippen molar-refractivity contribution in [1.82, 2.24) is 19.7 Å². The van der Waals surface area contributed by atoms with Crippen LogP contribution in [0, 0.1) is 15.9 Å². The van der Waals surface area contributed by atoms with Crippen LogP contribution in [0.2, 0.25) is 0 Å². The number of non-ortho nitro benzene ring substituents is 1. The van der Waals surface area contributed by atoms with Gasteiger partial charge >= 0.3 is 0 Å². The van der Waals surface area contributed by atoms with Gasteiger partial charge in [0.2, 0.25) is 15.0 Å². The number of sulfone groups is 1. The number of rotatable bonds is 5. The Hall–Kier alpha value is -3.21. The Morgan fingerprint density at radius 1 is 1.26 bits per heavy atom. The zero-order valence-electron chi connectivity index (χ0n) is 14.3. The zero-order valence-corrected chi connectivity index (χ0v) is 15.1. The average molecular weight is 391 g/mol. The van der Waals surface area contributed by atoms with E-state index >= 15 is 0 Å². The predicted molar refractivity (Wildman–Crippen MR) is 93.7 cm³/mol. The van der Waals surface area contributed by atoms with E-state index in [0.29, 0.717) is 23.4 Å². The van der Waals surface area contributed by atoms with Crippen molar-refractivity contribution < 1.29 is 17.7 Å². The van der Waals surface area contributed by atoms with Crippen LogP contribution in [-0.2, 0) is 16.3 Å². The topological polar surface area (TPSA) is 121 Å². The Morgan fingerprint density at radius 2 is 2.00 bits per heavy atom. The summed E-state index contributed by atoms with van der Waals surface area (Å²) < 4.78 is 39.0. The van der Waals surface area contributed by atoms with Gasteiger partial charge in [-0.1, -0.05) is 6.92 Å². The fourth-order valence-corrected chi connectivity index (χ4v) is 2.90. The van der Waals surface area contributed by atoms with E-state index in [-0.39, 0.29) is 16.5 Å². The van der Waals surface area contributed by atoms with E-state index in [1.807, 2.05) is 6.92 Å². The molecule has 0 bridgehead atoms. The summed E-state index contributed by atoms with van der Waals surface area (Å²) in [5, 5.41) is 14.5. The molecule has 2 aromatic heterocycles. The molecule has 0 unspecified atom stereocenters. The highest BCUT2D eigenvalue weighted by molar-refractivity contribution is 7.90. The normalized spacial score (nSPS) is 11.5. The molecule has 0 saturated heterocycles. The maximum absolute atomic E-state index is 14.2. The SMILES string of the molecule is CCc1cc(-c2cnn(-c3ccc([N+](=O)[O-])cc3F)c2)nc(S(C)(=O)=O)n1. The van der Waals surface area contributed by atoms with Crippen LogP contribution in [-0.4, -0.2) is 39.3 Å². The Labute approximate surface area is 153 Å². The smallest absolute Gasteiger partial charge is 0.258 e. The van der Waals surface area contributed by atoms with Crippen molar-refractivity contribution >= 4 is 15.5 Å². The van der Waals surface area contributed by atoms with Crippen LogP contribution in [0.5, 0.6) is 0 Å². The van der Waals surface area contributed by atoms with Crippen LogP contribution in [0.4, 0.5) is 10.1 Å². The highest BCUT2D eigenvalue weighted by Gasteiger charge is 2.17. The molecule has 0 aliphatic rings.